The summed E-state index contributed by atoms with van der Waals surface area (Å²) in [7, 11) is 0. The molecule has 0 bridgehead atoms. The van der Waals surface area contributed by atoms with Crippen LogP contribution in [0.1, 0.15) is 50.7 Å². The number of hydrogen-bond acceptors (Lipinski definition) is 0. The van der Waals surface area contributed by atoms with Gasteiger partial charge in [0.05, 0.1) is 0 Å². The van der Waals surface area contributed by atoms with Gasteiger partial charge in [0.2, 0.25) is 0 Å². The van der Waals surface area contributed by atoms with E-state index < -0.39 is 0 Å². The quantitative estimate of drug-likeness (QED) is 0.627. The number of rotatable bonds is 1. The molecule has 0 atom stereocenters. The normalized spacial score (nSPS) is 26.1. The Morgan fingerprint density at radius 1 is 1.13 bits per heavy atom. The van der Waals surface area contributed by atoms with Crippen molar-refractivity contribution in [2.45, 2.75) is 46.5 Å². The molecule has 0 heterocycles. The number of aryl methyl sites for hydroxylation is 1. The third-order valence-electron chi connectivity index (χ3n) is 3.88. The minimum atomic E-state index is 0.500. The van der Waals surface area contributed by atoms with Crippen LogP contribution in [0.2, 0.25) is 0 Å². The fraction of sp³-hybridized carbons (Fsp3) is 0.600. The van der Waals surface area contributed by atoms with E-state index in [2.05, 4.69) is 52.0 Å². The van der Waals surface area contributed by atoms with E-state index in [9.17, 15) is 0 Å². The van der Waals surface area contributed by atoms with E-state index in [1.807, 2.05) is 0 Å². The summed E-state index contributed by atoms with van der Waals surface area (Å²) in [5.41, 5.74) is 3.45. The Balaban J connectivity index is 2.00. The molecule has 0 aliphatic heterocycles. The van der Waals surface area contributed by atoms with Gasteiger partial charge in [-0.3, -0.25) is 0 Å². The topological polar surface area (TPSA) is 0 Å². The summed E-state index contributed by atoms with van der Waals surface area (Å²) in [5.74, 6) is 1.75. The second-order valence-corrected chi connectivity index (χ2v) is 6.15. The fourth-order valence-electron chi connectivity index (χ4n) is 2.52. The van der Waals surface area contributed by atoms with Gasteiger partial charge in [-0.2, -0.15) is 0 Å². The van der Waals surface area contributed by atoms with Gasteiger partial charge in [-0.1, -0.05) is 50.6 Å². The first-order valence-corrected chi connectivity index (χ1v) is 6.03. The molecule has 0 unspecified atom stereocenters. The first-order valence-electron chi connectivity index (χ1n) is 6.03. The maximum Gasteiger partial charge on any atom is -0.0156 e. The van der Waals surface area contributed by atoms with Crippen LogP contribution in [-0.4, -0.2) is 0 Å². The highest BCUT2D eigenvalue weighted by molar-refractivity contribution is 5.27. The zero-order valence-corrected chi connectivity index (χ0v) is 10.4. The van der Waals surface area contributed by atoms with Crippen molar-refractivity contribution in [3.05, 3.63) is 35.4 Å². The third-order valence-corrected chi connectivity index (χ3v) is 3.88. The lowest BCUT2D eigenvalue weighted by Gasteiger charge is -2.44. The van der Waals surface area contributed by atoms with E-state index >= 15 is 0 Å². The maximum absolute atomic E-state index is 2.37. The molecule has 1 aliphatic carbocycles. The predicted molar refractivity (Wildman–Crippen MR) is 66.1 cm³/mol. The van der Waals surface area contributed by atoms with E-state index in [-0.39, 0.29) is 0 Å². The van der Waals surface area contributed by atoms with Crippen molar-refractivity contribution >= 4 is 0 Å². The van der Waals surface area contributed by atoms with Crippen molar-refractivity contribution in [2.24, 2.45) is 11.3 Å². The zero-order valence-electron chi connectivity index (χ0n) is 10.4. The highest BCUT2D eigenvalue weighted by atomic mass is 14.4. The first kappa shape index (κ1) is 10.7. The average molecular weight is 202 g/mol. The smallest absolute Gasteiger partial charge is 0.0156 e. The average Bonchev–Trinajstić information content (AvgIpc) is 1.97. The lowest BCUT2D eigenvalue weighted by molar-refractivity contribution is 0.115. The van der Waals surface area contributed by atoms with Crippen LogP contribution in [0, 0.1) is 18.3 Å². The van der Waals surface area contributed by atoms with Crippen LogP contribution in [0.5, 0.6) is 0 Å². The summed E-state index contributed by atoms with van der Waals surface area (Å²) in [6.45, 7) is 9.28. The molecule has 0 radical (unpaired) electrons. The van der Waals surface area contributed by atoms with Gasteiger partial charge >= 0.3 is 0 Å². The monoisotopic (exact) mass is 202 g/mol. The maximum atomic E-state index is 2.37. The molecule has 0 spiro atoms. The molecule has 0 heteroatoms. The van der Waals surface area contributed by atoms with Crippen LogP contribution in [0.15, 0.2) is 24.3 Å². The molecule has 0 amide bonds. The first-order chi connectivity index (χ1) is 6.97. The lowest BCUT2D eigenvalue weighted by Crippen LogP contribution is -2.32. The molecule has 0 nitrogen and oxygen atoms in total. The fourth-order valence-corrected chi connectivity index (χ4v) is 2.52. The molecular formula is C15H22. The molecule has 1 aromatic rings. The standard InChI is InChI=1S/C15H22/c1-11-6-5-7-12(8-11)13-9-14(10-13)15(2,3)4/h5-8,13-14H,9-10H2,1-4H3. The van der Waals surface area contributed by atoms with Gasteiger partial charge in [0, 0.05) is 0 Å². The molecule has 1 aliphatic rings. The predicted octanol–water partition coefficient (Wildman–Crippen LogP) is 4.53. The summed E-state index contributed by atoms with van der Waals surface area (Å²) >= 11 is 0. The van der Waals surface area contributed by atoms with Crippen molar-refractivity contribution in [1.29, 1.82) is 0 Å². The van der Waals surface area contributed by atoms with Gasteiger partial charge < -0.3 is 0 Å². The molecule has 1 saturated carbocycles. The SMILES string of the molecule is Cc1cccc(C2CC(C(C)(C)C)C2)c1. The summed E-state index contributed by atoms with van der Waals surface area (Å²) in [6, 6.07) is 9.01. The number of benzene rings is 1. The van der Waals surface area contributed by atoms with Gasteiger partial charge in [0.1, 0.15) is 0 Å². The van der Waals surface area contributed by atoms with Crippen molar-refractivity contribution in [1.82, 2.24) is 0 Å². The minimum absolute atomic E-state index is 0.500. The molecule has 2 rings (SSSR count). The van der Waals surface area contributed by atoms with Gasteiger partial charge in [0.25, 0.3) is 0 Å². The van der Waals surface area contributed by atoms with E-state index in [0.717, 1.165) is 11.8 Å². The van der Waals surface area contributed by atoms with E-state index in [1.165, 1.54) is 18.4 Å². The molecule has 1 fully saturated rings. The highest BCUT2D eigenvalue weighted by Crippen LogP contribution is 2.49. The molecule has 0 aromatic heterocycles. The van der Waals surface area contributed by atoms with Crippen molar-refractivity contribution in [3.8, 4) is 0 Å². The van der Waals surface area contributed by atoms with E-state index in [4.69, 9.17) is 0 Å². The summed E-state index contributed by atoms with van der Waals surface area (Å²) in [4.78, 5) is 0. The summed E-state index contributed by atoms with van der Waals surface area (Å²) < 4.78 is 0. The van der Waals surface area contributed by atoms with Crippen molar-refractivity contribution < 1.29 is 0 Å². The van der Waals surface area contributed by atoms with Gasteiger partial charge in [-0.15, -0.1) is 0 Å². The molecular weight excluding hydrogens is 180 g/mol. The van der Waals surface area contributed by atoms with Gasteiger partial charge in [0.15, 0.2) is 0 Å². The second kappa shape index (κ2) is 3.66. The zero-order chi connectivity index (χ0) is 11.1. The third kappa shape index (κ3) is 2.25. The second-order valence-electron chi connectivity index (χ2n) is 6.15. The Bertz CT molecular complexity index is 337. The Morgan fingerprint density at radius 3 is 2.33 bits per heavy atom. The molecule has 1 aromatic carbocycles. The Morgan fingerprint density at radius 2 is 1.80 bits per heavy atom. The van der Waals surface area contributed by atoms with Gasteiger partial charge in [-0.05, 0) is 42.6 Å². The van der Waals surface area contributed by atoms with Crippen LogP contribution in [0.3, 0.4) is 0 Å². The van der Waals surface area contributed by atoms with Crippen LogP contribution >= 0.6 is 0 Å². The summed E-state index contributed by atoms with van der Waals surface area (Å²) in [6.07, 6.45) is 2.76. The highest BCUT2D eigenvalue weighted by Gasteiger charge is 2.37. The summed E-state index contributed by atoms with van der Waals surface area (Å²) in [5, 5.41) is 0. The largest absolute Gasteiger partial charge is 0.0617 e. The Labute approximate surface area is 93.7 Å². The van der Waals surface area contributed by atoms with E-state index in [0.29, 0.717) is 5.41 Å². The van der Waals surface area contributed by atoms with Crippen LogP contribution in [0.25, 0.3) is 0 Å². The lowest BCUT2D eigenvalue weighted by atomic mass is 9.61. The molecule has 82 valence electrons. The minimum Gasteiger partial charge on any atom is -0.0617 e. The molecule has 0 N–H and O–H groups in total. The van der Waals surface area contributed by atoms with Crippen molar-refractivity contribution in [2.75, 3.05) is 0 Å². The molecule has 0 saturated heterocycles. The van der Waals surface area contributed by atoms with Crippen molar-refractivity contribution in [3.63, 3.8) is 0 Å². The van der Waals surface area contributed by atoms with Crippen LogP contribution in [-0.2, 0) is 0 Å². The molecule has 15 heavy (non-hydrogen) atoms. The van der Waals surface area contributed by atoms with Crippen LogP contribution in [0.4, 0.5) is 0 Å². The van der Waals surface area contributed by atoms with Crippen LogP contribution < -0.4 is 0 Å². The van der Waals surface area contributed by atoms with Gasteiger partial charge in [-0.25, -0.2) is 0 Å². The Kier molecular flexibility index (Phi) is 2.62. The van der Waals surface area contributed by atoms with E-state index in [1.54, 1.807) is 5.56 Å². The number of hydrogen-bond donors (Lipinski definition) is 0. The Hall–Kier alpha value is -0.780.